The van der Waals surface area contributed by atoms with Gasteiger partial charge in [0.25, 0.3) is 0 Å². The summed E-state index contributed by atoms with van der Waals surface area (Å²) in [5, 5.41) is 0. The lowest BCUT2D eigenvalue weighted by Crippen LogP contribution is -1.93. The lowest BCUT2D eigenvalue weighted by molar-refractivity contribution is 0.938. The minimum atomic E-state index is 0.825. The Morgan fingerprint density at radius 3 is 2.59 bits per heavy atom. The molecule has 0 radical (unpaired) electrons. The summed E-state index contributed by atoms with van der Waals surface area (Å²) in [6.45, 7) is 2.07. The van der Waals surface area contributed by atoms with Gasteiger partial charge in [0.05, 0.1) is 6.20 Å². The van der Waals surface area contributed by atoms with Crippen molar-refractivity contribution < 1.29 is 0 Å². The van der Waals surface area contributed by atoms with Crippen molar-refractivity contribution in [3.63, 3.8) is 0 Å². The Labute approximate surface area is 99.0 Å². The number of aryl methyl sites for hydroxylation is 2. The van der Waals surface area contributed by atoms with Gasteiger partial charge >= 0.3 is 0 Å². The summed E-state index contributed by atoms with van der Waals surface area (Å²) in [6.07, 6.45) is 3.28. The molecule has 84 valence electrons. The number of hydrogen-bond acceptors (Lipinski definition) is 3. The fraction of sp³-hybridized carbons (Fsp3) is 0.154. The summed E-state index contributed by atoms with van der Waals surface area (Å²) in [4.78, 5) is 12.8. The van der Waals surface area contributed by atoms with E-state index in [1.165, 1.54) is 5.56 Å². The van der Waals surface area contributed by atoms with Crippen LogP contribution in [0.25, 0.3) is 22.6 Å². The highest BCUT2D eigenvalue weighted by atomic mass is 15.1. The maximum Gasteiger partial charge on any atom is 0.163 e. The molecule has 0 fully saturated rings. The van der Waals surface area contributed by atoms with Gasteiger partial charge in [-0.1, -0.05) is 29.8 Å². The molecule has 0 aliphatic rings. The van der Waals surface area contributed by atoms with Crippen LogP contribution in [0.1, 0.15) is 5.56 Å². The molecule has 2 aromatic heterocycles. The Morgan fingerprint density at radius 2 is 1.88 bits per heavy atom. The highest BCUT2D eigenvalue weighted by Gasteiger charge is 2.09. The molecule has 0 saturated heterocycles. The first kappa shape index (κ1) is 9.96. The molecule has 0 atom stereocenters. The van der Waals surface area contributed by atoms with Crippen molar-refractivity contribution in [1.82, 2.24) is 19.5 Å². The summed E-state index contributed by atoms with van der Waals surface area (Å²) in [5.74, 6) is 0.917. The number of rotatable bonds is 1. The maximum atomic E-state index is 4.55. The van der Waals surface area contributed by atoms with Gasteiger partial charge in [0.1, 0.15) is 17.7 Å². The van der Waals surface area contributed by atoms with Crippen LogP contribution >= 0.6 is 0 Å². The van der Waals surface area contributed by atoms with Gasteiger partial charge in [-0.3, -0.25) is 0 Å². The number of nitrogens with zero attached hydrogens (tertiary/aromatic N) is 4. The molecule has 0 N–H and O–H groups in total. The third-order valence-electron chi connectivity index (χ3n) is 2.84. The van der Waals surface area contributed by atoms with Crippen LogP contribution in [0.3, 0.4) is 0 Å². The Kier molecular flexibility index (Phi) is 2.14. The van der Waals surface area contributed by atoms with Crippen LogP contribution in [0.4, 0.5) is 0 Å². The Hall–Kier alpha value is -2.23. The number of aromatic nitrogens is 4. The molecule has 17 heavy (non-hydrogen) atoms. The highest BCUT2D eigenvalue weighted by molar-refractivity contribution is 5.76. The zero-order valence-electron chi connectivity index (χ0n) is 9.75. The predicted octanol–water partition coefficient (Wildman–Crippen LogP) is 2.34. The molecule has 4 nitrogen and oxygen atoms in total. The molecule has 0 saturated carbocycles. The highest BCUT2D eigenvalue weighted by Crippen LogP contribution is 2.21. The summed E-state index contributed by atoms with van der Waals surface area (Å²) in [7, 11) is 1.97. The first-order chi connectivity index (χ1) is 8.25. The van der Waals surface area contributed by atoms with E-state index >= 15 is 0 Å². The van der Waals surface area contributed by atoms with E-state index in [9.17, 15) is 0 Å². The summed E-state index contributed by atoms with van der Waals surface area (Å²) < 4.78 is 1.99. The lowest BCUT2D eigenvalue weighted by atomic mass is 10.1. The molecule has 0 amide bonds. The SMILES string of the molecule is Cc1ccc(-c2nc3cncnc3n2C)cc1. The van der Waals surface area contributed by atoms with Crippen LogP contribution in [0.15, 0.2) is 36.8 Å². The molecule has 0 aliphatic heterocycles. The Balaban J connectivity index is 2.24. The van der Waals surface area contributed by atoms with Gasteiger partial charge in [-0.2, -0.15) is 0 Å². The van der Waals surface area contributed by atoms with E-state index in [0.717, 1.165) is 22.6 Å². The lowest BCUT2D eigenvalue weighted by Gasteiger charge is -2.02. The van der Waals surface area contributed by atoms with E-state index in [2.05, 4.69) is 46.1 Å². The van der Waals surface area contributed by atoms with Crippen molar-refractivity contribution in [3.05, 3.63) is 42.4 Å². The van der Waals surface area contributed by atoms with Gasteiger partial charge in [0, 0.05) is 12.6 Å². The molecule has 2 heterocycles. The third-order valence-corrected chi connectivity index (χ3v) is 2.84. The monoisotopic (exact) mass is 224 g/mol. The quantitative estimate of drug-likeness (QED) is 0.637. The second-order valence-corrected chi connectivity index (χ2v) is 4.09. The molecule has 0 bridgehead atoms. The Morgan fingerprint density at radius 1 is 1.12 bits per heavy atom. The van der Waals surface area contributed by atoms with E-state index in [1.54, 1.807) is 12.5 Å². The van der Waals surface area contributed by atoms with Crippen LogP contribution in [-0.4, -0.2) is 19.5 Å². The first-order valence-electron chi connectivity index (χ1n) is 5.45. The van der Waals surface area contributed by atoms with Crippen LogP contribution in [0, 0.1) is 6.92 Å². The topological polar surface area (TPSA) is 43.6 Å². The summed E-state index contributed by atoms with van der Waals surface area (Å²) >= 11 is 0. The van der Waals surface area contributed by atoms with Crippen LogP contribution in [-0.2, 0) is 7.05 Å². The largest absolute Gasteiger partial charge is 0.312 e. The molecular weight excluding hydrogens is 212 g/mol. The molecule has 4 heteroatoms. The average Bonchev–Trinajstić information content (AvgIpc) is 2.69. The fourth-order valence-corrected chi connectivity index (χ4v) is 1.90. The Bertz CT molecular complexity index is 667. The molecule has 0 spiro atoms. The zero-order valence-corrected chi connectivity index (χ0v) is 9.75. The van der Waals surface area contributed by atoms with Crippen molar-refractivity contribution in [2.24, 2.45) is 7.05 Å². The number of imidazole rings is 1. The van der Waals surface area contributed by atoms with Gasteiger partial charge in [0.2, 0.25) is 0 Å². The number of hydrogen-bond donors (Lipinski definition) is 0. The second kappa shape index (κ2) is 3.66. The van der Waals surface area contributed by atoms with E-state index in [-0.39, 0.29) is 0 Å². The van der Waals surface area contributed by atoms with E-state index in [4.69, 9.17) is 0 Å². The van der Waals surface area contributed by atoms with Crippen molar-refractivity contribution in [2.75, 3.05) is 0 Å². The number of fused-ring (bicyclic) bond motifs is 1. The minimum Gasteiger partial charge on any atom is -0.312 e. The van der Waals surface area contributed by atoms with Crippen molar-refractivity contribution in [2.45, 2.75) is 6.92 Å². The van der Waals surface area contributed by atoms with Crippen molar-refractivity contribution in [1.29, 1.82) is 0 Å². The first-order valence-corrected chi connectivity index (χ1v) is 5.45. The van der Waals surface area contributed by atoms with E-state index < -0.39 is 0 Å². The maximum absolute atomic E-state index is 4.55. The van der Waals surface area contributed by atoms with Crippen molar-refractivity contribution >= 4 is 11.2 Å². The fourth-order valence-electron chi connectivity index (χ4n) is 1.90. The molecule has 3 aromatic rings. The van der Waals surface area contributed by atoms with Gasteiger partial charge in [-0.05, 0) is 6.92 Å². The van der Waals surface area contributed by atoms with Gasteiger partial charge in [0.15, 0.2) is 5.65 Å². The molecular formula is C13H12N4. The summed E-state index contributed by atoms with van der Waals surface area (Å²) in [5.41, 5.74) is 4.02. The van der Waals surface area contributed by atoms with Crippen molar-refractivity contribution in [3.8, 4) is 11.4 Å². The van der Waals surface area contributed by atoms with Gasteiger partial charge in [-0.25, -0.2) is 15.0 Å². The predicted molar refractivity (Wildman–Crippen MR) is 66.5 cm³/mol. The van der Waals surface area contributed by atoms with E-state index in [1.807, 2.05) is 11.6 Å². The molecule has 3 rings (SSSR count). The smallest absolute Gasteiger partial charge is 0.163 e. The molecule has 0 aliphatic carbocycles. The standard InChI is InChI=1S/C13H12N4/c1-9-3-5-10(6-4-9)12-16-11-7-14-8-15-13(11)17(12)2/h3-8H,1-2H3. The average molecular weight is 224 g/mol. The third kappa shape index (κ3) is 1.58. The van der Waals surface area contributed by atoms with Crippen LogP contribution in [0.5, 0.6) is 0 Å². The van der Waals surface area contributed by atoms with Crippen LogP contribution in [0.2, 0.25) is 0 Å². The minimum absolute atomic E-state index is 0.825. The van der Waals surface area contributed by atoms with Gasteiger partial charge < -0.3 is 4.57 Å². The molecule has 0 unspecified atom stereocenters. The molecule has 1 aromatic carbocycles. The summed E-state index contributed by atoms with van der Waals surface area (Å²) in [6, 6.07) is 8.31. The second-order valence-electron chi connectivity index (χ2n) is 4.09. The van der Waals surface area contributed by atoms with Crippen LogP contribution < -0.4 is 0 Å². The van der Waals surface area contributed by atoms with Gasteiger partial charge in [-0.15, -0.1) is 0 Å². The zero-order chi connectivity index (χ0) is 11.8. The normalized spacial score (nSPS) is 10.9. The van der Waals surface area contributed by atoms with E-state index in [0.29, 0.717) is 0 Å². The number of benzene rings is 1.